The Morgan fingerprint density at radius 3 is 1.64 bits per heavy atom. The first-order valence-electron chi connectivity index (χ1n) is 15.9. The topological polar surface area (TPSA) is 179 Å². The number of nitrogens with two attached hydrogens (primary N) is 2. The molecule has 0 aliphatic heterocycles. The molecular weight excluding hydrogens is 570 g/mol. The molecule has 0 saturated heterocycles. The highest BCUT2D eigenvalue weighted by molar-refractivity contribution is 6.01. The number of rotatable bonds is 28. The normalized spacial score (nSPS) is 11.6. The molecule has 1 aromatic heterocycles. The Bertz CT molecular complexity index is 914. The van der Waals surface area contributed by atoms with Crippen LogP contribution in [-0.2, 0) is 28.4 Å². The number of ether oxygens (including phenoxy) is 6. The lowest BCUT2D eigenvalue weighted by Gasteiger charge is -2.17. The number of nitrogen functional groups attached to an aromatic ring is 2. The lowest BCUT2D eigenvalue weighted by Crippen LogP contribution is -2.28. The summed E-state index contributed by atoms with van der Waals surface area (Å²) in [5, 5.41) is 2.72. The van der Waals surface area contributed by atoms with Crippen molar-refractivity contribution >= 4 is 23.3 Å². The fraction of sp³-hybridized carbons (Fsp3) is 0.806. The SMILES string of the molecule is CCCOCCOCCOCCCCC(=O)c1nc(N)c(C(=O)NCCCOCCOCCOCCCC(C)(C)C)nc1N. The molecule has 1 aromatic rings. The van der Waals surface area contributed by atoms with E-state index in [9.17, 15) is 9.59 Å². The van der Waals surface area contributed by atoms with Crippen LogP contribution in [0.2, 0.25) is 0 Å². The Morgan fingerprint density at radius 1 is 0.636 bits per heavy atom. The van der Waals surface area contributed by atoms with Crippen molar-refractivity contribution in [2.45, 2.75) is 72.6 Å². The second kappa shape index (κ2) is 24.8. The second-order valence-electron chi connectivity index (χ2n) is 11.5. The zero-order chi connectivity index (χ0) is 32.5. The van der Waals surface area contributed by atoms with Crippen LogP contribution in [0.15, 0.2) is 0 Å². The van der Waals surface area contributed by atoms with Gasteiger partial charge in [-0.15, -0.1) is 0 Å². The highest BCUT2D eigenvalue weighted by atomic mass is 16.5. The van der Waals surface area contributed by atoms with E-state index in [0.29, 0.717) is 97.3 Å². The van der Waals surface area contributed by atoms with Crippen molar-refractivity contribution in [2.75, 3.05) is 97.3 Å². The van der Waals surface area contributed by atoms with Crippen molar-refractivity contribution in [2.24, 2.45) is 5.41 Å². The molecule has 0 fully saturated rings. The first-order chi connectivity index (χ1) is 21.2. The second-order valence-corrected chi connectivity index (χ2v) is 11.5. The van der Waals surface area contributed by atoms with Crippen molar-refractivity contribution in [3.8, 4) is 0 Å². The van der Waals surface area contributed by atoms with Gasteiger partial charge in [-0.1, -0.05) is 27.7 Å². The van der Waals surface area contributed by atoms with Crippen LogP contribution in [0.5, 0.6) is 0 Å². The van der Waals surface area contributed by atoms with Crippen LogP contribution in [0.3, 0.4) is 0 Å². The first kappa shape index (κ1) is 39.6. The number of amides is 1. The molecule has 13 nitrogen and oxygen atoms in total. The third-order valence-corrected chi connectivity index (χ3v) is 6.17. The molecule has 13 heteroatoms. The molecule has 0 aliphatic rings. The van der Waals surface area contributed by atoms with Gasteiger partial charge in [-0.05, 0) is 43.9 Å². The molecule has 0 spiro atoms. The minimum Gasteiger partial charge on any atom is -0.382 e. The van der Waals surface area contributed by atoms with Crippen molar-refractivity contribution in [3.05, 3.63) is 11.4 Å². The molecule has 5 N–H and O–H groups in total. The number of aromatic nitrogens is 2. The average molecular weight is 628 g/mol. The lowest BCUT2D eigenvalue weighted by molar-refractivity contribution is 0.0127. The molecule has 1 rings (SSSR count). The van der Waals surface area contributed by atoms with Crippen LogP contribution in [0, 0.1) is 5.41 Å². The Kier molecular flexibility index (Phi) is 22.4. The Hall–Kier alpha value is -2.42. The number of carbonyl (C=O) groups excluding carboxylic acids is 2. The number of nitrogens with zero attached hydrogens (tertiary/aromatic N) is 2. The highest BCUT2D eigenvalue weighted by Gasteiger charge is 2.20. The van der Waals surface area contributed by atoms with E-state index in [-0.39, 0.29) is 35.2 Å². The van der Waals surface area contributed by atoms with Gasteiger partial charge in [-0.2, -0.15) is 0 Å². The van der Waals surface area contributed by atoms with Gasteiger partial charge in [-0.3, -0.25) is 9.59 Å². The molecule has 0 atom stereocenters. The van der Waals surface area contributed by atoms with Crippen molar-refractivity contribution in [3.63, 3.8) is 0 Å². The number of hydrogen-bond acceptors (Lipinski definition) is 12. The molecule has 0 unspecified atom stereocenters. The highest BCUT2D eigenvalue weighted by Crippen LogP contribution is 2.20. The van der Waals surface area contributed by atoms with Crippen LogP contribution in [0.4, 0.5) is 11.6 Å². The zero-order valence-corrected chi connectivity index (χ0v) is 27.5. The van der Waals surface area contributed by atoms with Gasteiger partial charge in [0.05, 0.1) is 52.9 Å². The number of hydrogen-bond donors (Lipinski definition) is 3. The summed E-state index contributed by atoms with van der Waals surface area (Å²) in [6.45, 7) is 15.7. The minimum absolute atomic E-state index is 0.0265. The fourth-order valence-electron chi connectivity index (χ4n) is 3.83. The maximum Gasteiger partial charge on any atom is 0.273 e. The van der Waals surface area contributed by atoms with Crippen LogP contribution < -0.4 is 16.8 Å². The Labute approximate surface area is 263 Å². The molecular formula is C31H57N5O8. The van der Waals surface area contributed by atoms with E-state index in [1.54, 1.807) is 0 Å². The zero-order valence-electron chi connectivity index (χ0n) is 27.5. The van der Waals surface area contributed by atoms with Gasteiger partial charge >= 0.3 is 0 Å². The summed E-state index contributed by atoms with van der Waals surface area (Å²) in [5.74, 6) is -1.06. The van der Waals surface area contributed by atoms with E-state index in [2.05, 4.69) is 43.0 Å². The van der Waals surface area contributed by atoms with E-state index >= 15 is 0 Å². The number of anilines is 2. The summed E-state index contributed by atoms with van der Waals surface area (Å²) >= 11 is 0. The number of unbranched alkanes of at least 4 members (excludes halogenated alkanes) is 1. The summed E-state index contributed by atoms with van der Waals surface area (Å²) in [6, 6.07) is 0. The molecule has 254 valence electrons. The summed E-state index contributed by atoms with van der Waals surface area (Å²) in [4.78, 5) is 33.2. The Balaban J connectivity index is 2.13. The van der Waals surface area contributed by atoms with Crippen LogP contribution in [0.25, 0.3) is 0 Å². The summed E-state index contributed by atoms with van der Waals surface area (Å²) < 4.78 is 32.9. The van der Waals surface area contributed by atoms with Gasteiger partial charge in [-0.25, -0.2) is 9.97 Å². The molecule has 0 bridgehead atoms. The van der Waals surface area contributed by atoms with Gasteiger partial charge in [0.15, 0.2) is 28.8 Å². The van der Waals surface area contributed by atoms with Gasteiger partial charge in [0.25, 0.3) is 5.91 Å². The quantitative estimate of drug-likeness (QED) is 0.0911. The van der Waals surface area contributed by atoms with Gasteiger partial charge < -0.3 is 45.2 Å². The fourth-order valence-corrected chi connectivity index (χ4v) is 3.83. The van der Waals surface area contributed by atoms with Crippen molar-refractivity contribution in [1.82, 2.24) is 15.3 Å². The average Bonchev–Trinajstić information content (AvgIpc) is 2.98. The molecule has 0 aromatic carbocycles. The predicted octanol–water partition coefficient (Wildman–Crippen LogP) is 3.45. The van der Waals surface area contributed by atoms with Crippen LogP contribution in [0.1, 0.15) is 93.6 Å². The van der Waals surface area contributed by atoms with E-state index in [0.717, 1.165) is 32.5 Å². The van der Waals surface area contributed by atoms with Crippen molar-refractivity contribution in [1.29, 1.82) is 0 Å². The number of carbonyl (C=O) groups is 2. The summed E-state index contributed by atoms with van der Waals surface area (Å²) in [5.41, 5.74) is 12.1. The standard InChI is InChI=1S/C31H57N5O8/c1-5-13-39-17-21-43-22-18-40-14-7-6-10-25(37)26-28(32)36-27(29(33)35-26)30(38)34-12-9-16-42-20-24-44-23-19-41-15-8-11-31(2,3)4/h5-24H2,1-4H3,(H2,32,36)(H2,33,35)(H,34,38). The first-order valence-corrected chi connectivity index (χ1v) is 15.9. The maximum absolute atomic E-state index is 12.6. The monoisotopic (exact) mass is 627 g/mol. The Morgan fingerprint density at radius 2 is 1.09 bits per heavy atom. The number of ketones is 1. The van der Waals surface area contributed by atoms with Crippen LogP contribution in [-0.4, -0.2) is 107 Å². The van der Waals surface area contributed by atoms with Crippen molar-refractivity contribution < 1.29 is 38.0 Å². The van der Waals surface area contributed by atoms with Gasteiger partial charge in [0, 0.05) is 39.4 Å². The van der Waals surface area contributed by atoms with E-state index in [1.165, 1.54) is 0 Å². The van der Waals surface area contributed by atoms with Gasteiger partial charge in [0.1, 0.15) is 0 Å². The largest absolute Gasteiger partial charge is 0.382 e. The molecule has 44 heavy (non-hydrogen) atoms. The van der Waals surface area contributed by atoms with E-state index in [1.807, 2.05) is 0 Å². The molecule has 1 amide bonds. The predicted molar refractivity (Wildman–Crippen MR) is 170 cm³/mol. The van der Waals surface area contributed by atoms with E-state index in [4.69, 9.17) is 39.9 Å². The molecule has 0 aliphatic carbocycles. The third-order valence-electron chi connectivity index (χ3n) is 6.17. The number of Topliss-reactive ketones (excluding diaryl/α,β-unsaturated/α-hetero) is 1. The van der Waals surface area contributed by atoms with E-state index < -0.39 is 5.91 Å². The molecule has 0 radical (unpaired) electrons. The molecule has 1 heterocycles. The lowest BCUT2D eigenvalue weighted by atomic mass is 9.91. The molecule has 0 saturated carbocycles. The number of nitrogens with one attached hydrogen (secondary N) is 1. The smallest absolute Gasteiger partial charge is 0.273 e. The minimum atomic E-state index is -0.513. The summed E-state index contributed by atoms with van der Waals surface area (Å²) in [7, 11) is 0. The third kappa shape index (κ3) is 20.5. The van der Waals surface area contributed by atoms with Gasteiger partial charge in [0.2, 0.25) is 0 Å². The van der Waals surface area contributed by atoms with Crippen LogP contribution >= 0.6 is 0 Å². The maximum atomic E-state index is 12.6. The summed E-state index contributed by atoms with van der Waals surface area (Å²) in [6.07, 6.45) is 5.27.